The minimum Gasteiger partial charge on any atom is -0.326 e. The Morgan fingerprint density at radius 3 is 2.73 bits per heavy atom. The number of carbonyl (C=O) groups is 2. The van der Waals surface area contributed by atoms with Crippen molar-refractivity contribution in [2.24, 2.45) is 0 Å². The zero-order valence-corrected chi connectivity index (χ0v) is 7.03. The third-order valence-corrected chi connectivity index (χ3v) is 2.11. The van der Waals surface area contributed by atoms with Gasteiger partial charge in [-0.1, -0.05) is 0 Å². The lowest BCUT2D eigenvalue weighted by atomic mass is 10.2. The fourth-order valence-corrected chi connectivity index (χ4v) is 1.37. The fraction of sp³-hybridized carbons (Fsp3) is 0.667. The molecule has 0 radical (unpaired) electrons. The van der Waals surface area contributed by atoms with Gasteiger partial charge in [0.25, 0.3) is 5.91 Å². The Labute approximate surface area is 69.1 Å². The van der Waals surface area contributed by atoms with Crippen LogP contribution in [-0.2, 0) is 4.79 Å². The van der Waals surface area contributed by atoms with Crippen LogP contribution in [0.3, 0.4) is 0 Å². The maximum absolute atomic E-state index is 10.9. The van der Waals surface area contributed by atoms with Crippen LogP contribution in [0.4, 0.5) is 4.79 Å². The second-order valence-corrected chi connectivity index (χ2v) is 3.28. The normalized spacial score (nSPS) is 23.2. The van der Waals surface area contributed by atoms with Gasteiger partial charge in [-0.25, -0.2) is 4.79 Å². The first kappa shape index (κ1) is 8.39. The van der Waals surface area contributed by atoms with Crippen LogP contribution in [0.5, 0.6) is 0 Å². The number of carbonyl (C=O) groups excluding carboxylic acids is 2. The van der Waals surface area contributed by atoms with E-state index in [1.807, 2.05) is 6.26 Å². The quantitative estimate of drug-likeness (QED) is 0.590. The number of amides is 3. The number of hydrogen-bond donors (Lipinski definition) is 2. The third kappa shape index (κ3) is 2.11. The summed E-state index contributed by atoms with van der Waals surface area (Å²) in [6.07, 6.45) is 2.67. The Morgan fingerprint density at radius 2 is 2.27 bits per heavy atom. The second-order valence-electron chi connectivity index (χ2n) is 2.30. The predicted octanol–water partition coefficient (Wildman–Crippen LogP) is -0.0525. The highest BCUT2D eigenvalue weighted by Gasteiger charge is 2.28. The van der Waals surface area contributed by atoms with Crippen LogP contribution in [0.1, 0.15) is 6.42 Å². The summed E-state index contributed by atoms with van der Waals surface area (Å²) < 4.78 is 0. The van der Waals surface area contributed by atoms with Crippen molar-refractivity contribution in [1.29, 1.82) is 0 Å². The van der Waals surface area contributed by atoms with Gasteiger partial charge in [0.1, 0.15) is 6.04 Å². The average Bonchev–Trinajstić information content (AvgIpc) is 2.26. The fourth-order valence-electron chi connectivity index (χ4n) is 0.898. The summed E-state index contributed by atoms with van der Waals surface area (Å²) in [5.74, 6) is 0.683. The SMILES string of the molecule is CSCC[C@H]1NC(=O)NC1=O. The molecule has 4 nitrogen and oxygen atoms in total. The summed E-state index contributed by atoms with van der Waals surface area (Å²) in [4.78, 5) is 21.5. The van der Waals surface area contributed by atoms with Gasteiger partial charge in [-0.15, -0.1) is 0 Å². The molecule has 0 aromatic heterocycles. The molecule has 62 valence electrons. The van der Waals surface area contributed by atoms with E-state index in [0.717, 1.165) is 5.75 Å². The van der Waals surface area contributed by atoms with Crippen LogP contribution >= 0.6 is 11.8 Å². The molecule has 1 heterocycles. The summed E-state index contributed by atoms with van der Waals surface area (Å²) in [7, 11) is 0. The molecule has 0 aromatic rings. The monoisotopic (exact) mass is 174 g/mol. The highest BCUT2D eigenvalue weighted by molar-refractivity contribution is 7.98. The number of thioether (sulfide) groups is 1. The molecular formula is C6H10N2O2S. The lowest BCUT2D eigenvalue weighted by Crippen LogP contribution is -2.29. The maximum atomic E-state index is 10.9. The first-order valence-electron chi connectivity index (χ1n) is 3.34. The molecule has 1 aliphatic rings. The van der Waals surface area contributed by atoms with Crippen molar-refractivity contribution in [1.82, 2.24) is 10.6 Å². The third-order valence-electron chi connectivity index (χ3n) is 1.47. The molecule has 0 saturated carbocycles. The minimum atomic E-state index is -0.374. The molecule has 1 aliphatic heterocycles. The van der Waals surface area contributed by atoms with Crippen molar-refractivity contribution in [3.63, 3.8) is 0 Å². The number of urea groups is 1. The molecule has 5 heteroatoms. The highest BCUT2D eigenvalue weighted by Crippen LogP contribution is 2.03. The van der Waals surface area contributed by atoms with E-state index in [2.05, 4.69) is 10.6 Å². The number of hydrogen-bond acceptors (Lipinski definition) is 3. The van der Waals surface area contributed by atoms with Crippen molar-refractivity contribution in [2.75, 3.05) is 12.0 Å². The molecule has 0 aromatic carbocycles. The van der Waals surface area contributed by atoms with Crippen LogP contribution in [0.25, 0.3) is 0 Å². The van der Waals surface area contributed by atoms with E-state index in [9.17, 15) is 9.59 Å². The molecule has 3 amide bonds. The number of rotatable bonds is 3. The summed E-state index contributed by atoms with van der Waals surface area (Å²) in [5, 5.41) is 4.70. The first-order valence-corrected chi connectivity index (χ1v) is 4.73. The molecule has 1 saturated heterocycles. The van der Waals surface area contributed by atoms with E-state index in [-0.39, 0.29) is 18.0 Å². The molecular weight excluding hydrogens is 164 g/mol. The van der Waals surface area contributed by atoms with Crippen LogP contribution in [-0.4, -0.2) is 30.0 Å². The summed E-state index contributed by atoms with van der Waals surface area (Å²) in [6, 6.07) is -0.684. The maximum Gasteiger partial charge on any atom is 0.322 e. The molecule has 0 bridgehead atoms. The zero-order chi connectivity index (χ0) is 8.27. The topological polar surface area (TPSA) is 58.2 Å². The van der Waals surface area contributed by atoms with Gasteiger partial charge >= 0.3 is 6.03 Å². The first-order chi connectivity index (χ1) is 5.24. The Kier molecular flexibility index (Phi) is 2.76. The zero-order valence-electron chi connectivity index (χ0n) is 6.22. The Bertz CT molecular complexity index is 183. The number of imide groups is 1. The standard InChI is InChI=1S/C6H10N2O2S/c1-11-3-2-4-5(9)8-6(10)7-4/h4H,2-3H2,1H3,(H2,7,8,9,10)/t4-/m1/s1. The van der Waals surface area contributed by atoms with Crippen molar-refractivity contribution in [3.8, 4) is 0 Å². The van der Waals surface area contributed by atoms with Crippen molar-refractivity contribution >= 4 is 23.7 Å². The molecule has 1 rings (SSSR count). The van der Waals surface area contributed by atoms with E-state index in [4.69, 9.17) is 0 Å². The molecule has 2 N–H and O–H groups in total. The minimum absolute atomic E-state index is 0.205. The van der Waals surface area contributed by atoms with Crippen LogP contribution in [0, 0.1) is 0 Å². The predicted molar refractivity (Wildman–Crippen MR) is 43.5 cm³/mol. The Morgan fingerprint density at radius 1 is 1.55 bits per heavy atom. The van der Waals surface area contributed by atoms with Gasteiger partial charge in [-0.3, -0.25) is 10.1 Å². The van der Waals surface area contributed by atoms with Crippen LogP contribution in [0.2, 0.25) is 0 Å². The molecule has 1 atom stereocenters. The van der Waals surface area contributed by atoms with E-state index in [1.54, 1.807) is 11.8 Å². The van der Waals surface area contributed by atoms with Crippen molar-refractivity contribution < 1.29 is 9.59 Å². The van der Waals surface area contributed by atoms with Gasteiger partial charge in [0, 0.05) is 0 Å². The Balaban J connectivity index is 2.34. The van der Waals surface area contributed by atoms with Gasteiger partial charge < -0.3 is 5.32 Å². The van der Waals surface area contributed by atoms with E-state index < -0.39 is 0 Å². The van der Waals surface area contributed by atoms with Gasteiger partial charge in [0.05, 0.1) is 0 Å². The molecule has 11 heavy (non-hydrogen) atoms. The van der Waals surface area contributed by atoms with Gasteiger partial charge in [-0.05, 0) is 18.4 Å². The largest absolute Gasteiger partial charge is 0.326 e. The number of nitrogens with one attached hydrogen (secondary N) is 2. The van der Waals surface area contributed by atoms with Gasteiger partial charge in [-0.2, -0.15) is 11.8 Å². The molecule has 1 fully saturated rings. The van der Waals surface area contributed by atoms with Gasteiger partial charge in [0.2, 0.25) is 0 Å². The lowest BCUT2D eigenvalue weighted by molar-refractivity contribution is -0.120. The second kappa shape index (κ2) is 3.61. The van der Waals surface area contributed by atoms with Gasteiger partial charge in [0.15, 0.2) is 0 Å². The van der Waals surface area contributed by atoms with Crippen LogP contribution in [0.15, 0.2) is 0 Å². The van der Waals surface area contributed by atoms with E-state index >= 15 is 0 Å². The smallest absolute Gasteiger partial charge is 0.322 e. The Hall–Kier alpha value is -0.710. The molecule has 0 aliphatic carbocycles. The summed E-state index contributed by atoms with van der Waals surface area (Å²) in [6.45, 7) is 0. The summed E-state index contributed by atoms with van der Waals surface area (Å²) >= 11 is 1.66. The van der Waals surface area contributed by atoms with E-state index in [1.165, 1.54) is 0 Å². The highest BCUT2D eigenvalue weighted by atomic mass is 32.2. The average molecular weight is 174 g/mol. The summed E-state index contributed by atoms with van der Waals surface area (Å²) in [5.41, 5.74) is 0. The van der Waals surface area contributed by atoms with E-state index in [0.29, 0.717) is 6.42 Å². The molecule has 0 unspecified atom stereocenters. The molecule has 0 spiro atoms. The lowest BCUT2D eigenvalue weighted by Gasteiger charge is -2.03. The van der Waals surface area contributed by atoms with Crippen LogP contribution < -0.4 is 10.6 Å². The van der Waals surface area contributed by atoms with Crippen molar-refractivity contribution in [2.45, 2.75) is 12.5 Å². The van der Waals surface area contributed by atoms with Crippen molar-refractivity contribution in [3.05, 3.63) is 0 Å².